The van der Waals surface area contributed by atoms with Gasteiger partial charge in [-0.25, -0.2) is 0 Å². The molecule has 3 nitrogen and oxygen atoms in total. The molecule has 2 aromatic rings. The molecule has 0 atom stereocenters. The van der Waals surface area contributed by atoms with Crippen LogP contribution in [0.2, 0.25) is 0 Å². The lowest BCUT2D eigenvalue weighted by atomic mass is 9.86. The van der Waals surface area contributed by atoms with Crippen molar-refractivity contribution < 1.29 is 4.79 Å². The van der Waals surface area contributed by atoms with Gasteiger partial charge in [-0.15, -0.1) is 0 Å². The molecule has 1 fully saturated rings. The number of carbonyl (C=O) groups excluding carboxylic acids is 1. The van der Waals surface area contributed by atoms with Crippen LogP contribution in [0.25, 0.3) is 10.9 Å². The summed E-state index contributed by atoms with van der Waals surface area (Å²) in [6, 6.07) is 9.81. The lowest BCUT2D eigenvalue weighted by Crippen LogP contribution is -2.48. The standard InChI is InChI=1S/C17H20N2O/c1-19(2)17(9-3-4-10-17)16(20)14-8-7-13-6-5-11-18-15(13)12-14/h5-8,11-12H,3-4,9-10H2,1-2H3. The highest BCUT2D eigenvalue weighted by Crippen LogP contribution is 2.36. The third-order valence-electron chi connectivity index (χ3n) is 4.58. The maximum absolute atomic E-state index is 13.0. The lowest BCUT2D eigenvalue weighted by Gasteiger charge is -2.34. The fourth-order valence-corrected chi connectivity index (χ4v) is 3.31. The molecule has 0 unspecified atom stereocenters. The first kappa shape index (κ1) is 13.3. The Balaban J connectivity index is 2.03. The highest BCUT2D eigenvalue weighted by Gasteiger charge is 2.43. The Morgan fingerprint density at radius 2 is 1.95 bits per heavy atom. The molecular weight excluding hydrogens is 248 g/mol. The highest BCUT2D eigenvalue weighted by atomic mass is 16.1. The molecule has 1 aromatic carbocycles. The van der Waals surface area contributed by atoms with Gasteiger partial charge in [0.15, 0.2) is 5.78 Å². The highest BCUT2D eigenvalue weighted by molar-refractivity contribution is 6.05. The molecule has 1 aliphatic carbocycles. The molecule has 3 rings (SSSR count). The summed E-state index contributed by atoms with van der Waals surface area (Å²) < 4.78 is 0. The number of hydrogen-bond acceptors (Lipinski definition) is 3. The van der Waals surface area contributed by atoms with E-state index in [-0.39, 0.29) is 11.3 Å². The van der Waals surface area contributed by atoms with E-state index in [9.17, 15) is 4.79 Å². The first-order valence-electron chi connectivity index (χ1n) is 7.20. The van der Waals surface area contributed by atoms with Crippen molar-refractivity contribution >= 4 is 16.7 Å². The zero-order valence-corrected chi connectivity index (χ0v) is 12.1. The van der Waals surface area contributed by atoms with Crippen LogP contribution in [0.5, 0.6) is 0 Å². The topological polar surface area (TPSA) is 33.2 Å². The van der Waals surface area contributed by atoms with E-state index in [2.05, 4.69) is 9.88 Å². The van der Waals surface area contributed by atoms with Crippen LogP contribution in [0.15, 0.2) is 36.5 Å². The third kappa shape index (κ3) is 2.02. The number of likely N-dealkylation sites (N-methyl/N-ethyl adjacent to an activating group) is 1. The Bertz CT molecular complexity index is 642. The van der Waals surface area contributed by atoms with Crippen LogP contribution in [0, 0.1) is 0 Å². The molecule has 0 aliphatic heterocycles. The van der Waals surface area contributed by atoms with E-state index in [0.29, 0.717) is 0 Å². The summed E-state index contributed by atoms with van der Waals surface area (Å²) in [4.78, 5) is 19.4. The van der Waals surface area contributed by atoms with Gasteiger partial charge in [-0.2, -0.15) is 0 Å². The molecule has 20 heavy (non-hydrogen) atoms. The Morgan fingerprint density at radius 1 is 1.20 bits per heavy atom. The molecule has 1 aromatic heterocycles. The maximum atomic E-state index is 13.0. The average Bonchev–Trinajstić information content (AvgIpc) is 2.97. The number of fused-ring (bicyclic) bond motifs is 1. The molecule has 3 heteroatoms. The molecule has 0 spiro atoms. The Morgan fingerprint density at radius 3 is 2.65 bits per heavy atom. The van der Waals surface area contributed by atoms with Crippen LogP contribution in [-0.4, -0.2) is 35.3 Å². The van der Waals surface area contributed by atoms with E-state index in [4.69, 9.17) is 0 Å². The summed E-state index contributed by atoms with van der Waals surface area (Å²) in [5.41, 5.74) is 1.36. The van der Waals surface area contributed by atoms with Crippen molar-refractivity contribution in [3.05, 3.63) is 42.1 Å². The fraction of sp³-hybridized carbons (Fsp3) is 0.412. The first-order valence-corrected chi connectivity index (χ1v) is 7.20. The van der Waals surface area contributed by atoms with Gasteiger partial charge >= 0.3 is 0 Å². The predicted molar refractivity (Wildman–Crippen MR) is 81.0 cm³/mol. The number of pyridine rings is 1. The summed E-state index contributed by atoms with van der Waals surface area (Å²) in [7, 11) is 4.03. The van der Waals surface area contributed by atoms with Gasteiger partial charge in [-0.1, -0.05) is 31.0 Å². The number of carbonyl (C=O) groups is 1. The number of ketones is 1. The van der Waals surface area contributed by atoms with Crippen molar-refractivity contribution in [2.24, 2.45) is 0 Å². The van der Waals surface area contributed by atoms with E-state index in [1.807, 2.05) is 44.4 Å². The van der Waals surface area contributed by atoms with E-state index >= 15 is 0 Å². The second-order valence-electron chi connectivity index (χ2n) is 5.87. The van der Waals surface area contributed by atoms with Crippen LogP contribution >= 0.6 is 0 Å². The normalized spacial score (nSPS) is 17.8. The van der Waals surface area contributed by atoms with Gasteiger partial charge in [0.2, 0.25) is 0 Å². The smallest absolute Gasteiger partial charge is 0.183 e. The molecule has 1 heterocycles. The predicted octanol–water partition coefficient (Wildman–Crippen LogP) is 3.29. The molecular formula is C17H20N2O. The van der Waals surface area contributed by atoms with E-state index in [1.54, 1.807) is 6.20 Å². The number of benzene rings is 1. The van der Waals surface area contributed by atoms with E-state index in [0.717, 1.165) is 42.1 Å². The molecule has 0 amide bonds. The van der Waals surface area contributed by atoms with Crippen LogP contribution in [0.4, 0.5) is 0 Å². The molecule has 0 radical (unpaired) electrons. The first-order chi connectivity index (χ1) is 9.63. The van der Waals surface area contributed by atoms with Crippen molar-refractivity contribution in [3.63, 3.8) is 0 Å². The number of nitrogens with zero attached hydrogens (tertiary/aromatic N) is 2. The molecule has 1 saturated carbocycles. The zero-order chi connectivity index (χ0) is 14.2. The van der Waals surface area contributed by atoms with Gasteiger partial charge < -0.3 is 0 Å². The van der Waals surface area contributed by atoms with Crippen molar-refractivity contribution in [3.8, 4) is 0 Å². The SMILES string of the molecule is CN(C)C1(C(=O)c2ccc3cccnc3c2)CCCC1. The minimum Gasteiger partial charge on any atom is -0.297 e. The summed E-state index contributed by atoms with van der Waals surface area (Å²) in [6.07, 6.45) is 5.96. The Hall–Kier alpha value is -1.74. The maximum Gasteiger partial charge on any atom is 0.183 e. The van der Waals surface area contributed by atoms with Gasteiger partial charge in [0.1, 0.15) is 0 Å². The Labute approximate surface area is 119 Å². The molecule has 0 N–H and O–H groups in total. The molecule has 1 aliphatic rings. The van der Waals surface area contributed by atoms with Crippen molar-refractivity contribution in [2.45, 2.75) is 31.2 Å². The van der Waals surface area contributed by atoms with Crippen LogP contribution < -0.4 is 0 Å². The third-order valence-corrected chi connectivity index (χ3v) is 4.58. The zero-order valence-electron chi connectivity index (χ0n) is 12.1. The number of rotatable bonds is 3. The fourth-order valence-electron chi connectivity index (χ4n) is 3.31. The minimum atomic E-state index is -0.317. The van der Waals surface area contributed by atoms with Crippen LogP contribution in [-0.2, 0) is 0 Å². The largest absolute Gasteiger partial charge is 0.297 e. The van der Waals surface area contributed by atoms with Crippen molar-refractivity contribution in [2.75, 3.05) is 14.1 Å². The van der Waals surface area contributed by atoms with E-state index < -0.39 is 0 Å². The number of hydrogen-bond donors (Lipinski definition) is 0. The van der Waals surface area contributed by atoms with Crippen LogP contribution in [0.1, 0.15) is 36.0 Å². The summed E-state index contributed by atoms with van der Waals surface area (Å²) >= 11 is 0. The van der Waals surface area contributed by atoms with Gasteiger partial charge in [0.25, 0.3) is 0 Å². The van der Waals surface area contributed by atoms with Crippen LogP contribution in [0.3, 0.4) is 0 Å². The average molecular weight is 268 g/mol. The quantitative estimate of drug-likeness (QED) is 0.801. The molecule has 104 valence electrons. The van der Waals surface area contributed by atoms with Gasteiger partial charge in [-0.3, -0.25) is 14.7 Å². The minimum absolute atomic E-state index is 0.243. The van der Waals surface area contributed by atoms with Crippen molar-refractivity contribution in [1.82, 2.24) is 9.88 Å². The van der Waals surface area contributed by atoms with Gasteiger partial charge in [0, 0.05) is 17.1 Å². The van der Waals surface area contributed by atoms with Crippen molar-refractivity contribution in [1.29, 1.82) is 0 Å². The summed E-state index contributed by atoms with van der Waals surface area (Å²) in [5.74, 6) is 0.243. The second-order valence-corrected chi connectivity index (χ2v) is 5.87. The molecule has 0 bridgehead atoms. The summed E-state index contributed by atoms with van der Waals surface area (Å²) in [6.45, 7) is 0. The number of aromatic nitrogens is 1. The van der Waals surface area contributed by atoms with Gasteiger partial charge in [-0.05, 0) is 39.1 Å². The number of Topliss-reactive ketones (excluding diaryl/α,β-unsaturated/α-hetero) is 1. The van der Waals surface area contributed by atoms with Gasteiger partial charge in [0.05, 0.1) is 11.1 Å². The lowest BCUT2D eigenvalue weighted by molar-refractivity contribution is 0.0693. The molecule has 0 saturated heterocycles. The second kappa shape index (κ2) is 4.98. The monoisotopic (exact) mass is 268 g/mol. The Kier molecular flexibility index (Phi) is 3.30. The van der Waals surface area contributed by atoms with E-state index in [1.165, 1.54) is 0 Å². The summed E-state index contributed by atoms with van der Waals surface area (Å²) in [5, 5.41) is 1.08.